The average molecular weight is 297 g/mol. The van der Waals surface area contributed by atoms with E-state index < -0.39 is 0 Å². The third-order valence-corrected chi connectivity index (χ3v) is 5.08. The van der Waals surface area contributed by atoms with E-state index in [0.29, 0.717) is 0 Å². The molecule has 0 saturated carbocycles. The van der Waals surface area contributed by atoms with Crippen LogP contribution in [0.15, 0.2) is 0 Å². The standard InChI is InChI=1S/C18H35NO2/c1-2-3-4-5-6-7-8-11-17-14-16(20)15-18(21-17)12-9-10-13-19-18/h16-17,19-20H,2-15H2,1H3/t16-,17-,18+/m1/s1. The third kappa shape index (κ3) is 5.88. The van der Waals surface area contributed by atoms with Crippen molar-refractivity contribution in [2.24, 2.45) is 0 Å². The molecule has 0 aromatic carbocycles. The van der Waals surface area contributed by atoms with Crippen LogP contribution in [0.5, 0.6) is 0 Å². The van der Waals surface area contributed by atoms with Crippen LogP contribution in [0, 0.1) is 0 Å². The summed E-state index contributed by atoms with van der Waals surface area (Å²) in [7, 11) is 0. The molecule has 124 valence electrons. The molecular formula is C18H35NO2. The Morgan fingerprint density at radius 1 is 1.10 bits per heavy atom. The molecule has 2 rings (SSSR count). The Bertz CT molecular complexity index is 276. The van der Waals surface area contributed by atoms with E-state index in [1.54, 1.807) is 0 Å². The Labute approximate surface area is 130 Å². The largest absolute Gasteiger partial charge is 0.393 e. The van der Waals surface area contributed by atoms with Crippen molar-refractivity contribution in [3.8, 4) is 0 Å². The Kier molecular flexibility index (Phi) is 7.48. The summed E-state index contributed by atoms with van der Waals surface area (Å²) in [6.07, 6.45) is 15.7. The van der Waals surface area contributed by atoms with Gasteiger partial charge in [0.2, 0.25) is 0 Å². The molecule has 1 spiro atoms. The zero-order valence-corrected chi connectivity index (χ0v) is 13.9. The summed E-state index contributed by atoms with van der Waals surface area (Å²) in [5.74, 6) is 0. The van der Waals surface area contributed by atoms with Crippen LogP contribution in [-0.2, 0) is 4.74 Å². The van der Waals surface area contributed by atoms with Crippen LogP contribution in [0.3, 0.4) is 0 Å². The number of rotatable bonds is 8. The highest BCUT2D eigenvalue weighted by Gasteiger charge is 2.41. The van der Waals surface area contributed by atoms with Gasteiger partial charge in [0.05, 0.1) is 12.2 Å². The van der Waals surface area contributed by atoms with Crippen molar-refractivity contribution < 1.29 is 9.84 Å². The van der Waals surface area contributed by atoms with E-state index in [1.807, 2.05) is 0 Å². The molecule has 2 fully saturated rings. The summed E-state index contributed by atoms with van der Waals surface area (Å²) in [6, 6.07) is 0. The predicted molar refractivity (Wildman–Crippen MR) is 87.3 cm³/mol. The summed E-state index contributed by atoms with van der Waals surface area (Å²) >= 11 is 0. The molecule has 3 nitrogen and oxygen atoms in total. The molecule has 3 heteroatoms. The number of ether oxygens (including phenoxy) is 1. The molecule has 2 aliphatic rings. The fourth-order valence-corrected chi connectivity index (χ4v) is 3.90. The highest BCUT2D eigenvalue weighted by atomic mass is 16.5. The zero-order valence-electron chi connectivity index (χ0n) is 13.9. The van der Waals surface area contributed by atoms with Gasteiger partial charge in [-0.05, 0) is 38.6 Å². The molecule has 21 heavy (non-hydrogen) atoms. The van der Waals surface area contributed by atoms with Crippen LogP contribution < -0.4 is 5.32 Å². The lowest BCUT2D eigenvalue weighted by Gasteiger charge is -2.46. The van der Waals surface area contributed by atoms with Gasteiger partial charge in [-0.3, -0.25) is 5.32 Å². The minimum atomic E-state index is -0.207. The number of hydrogen-bond acceptors (Lipinski definition) is 3. The smallest absolute Gasteiger partial charge is 0.122 e. The van der Waals surface area contributed by atoms with Crippen LogP contribution in [0.25, 0.3) is 0 Å². The van der Waals surface area contributed by atoms with Gasteiger partial charge in [-0.15, -0.1) is 0 Å². The summed E-state index contributed by atoms with van der Waals surface area (Å²) < 4.78 is 6.36. The van der Waals surface area contributed by atoms with Crippen LogP contribution in [0.2, 0.25) is 0 Å². The average Bonchev–Trinajstić information content (AvgIpc) is 2.46. The van der Waals surface area contributed by atoms with E-state index in [0.717, 1.165) is 32.2 Å². The number of piperidine rings is 1. The Balaban J connectivity index is 1.63. The highest BCUT2D eigenvalue weighted by Crippen LogP contribution is 2.35. The van der Waals surface area contributed by atoms with Gasteiger partial charge >= 0.3 is 0 Å². The lowest BCUT2D eigenvalue weighted by Crippen LogP contribution is -2.57. The number of aliphatic hydroxyl groups excluding tert-OH is 1. The van der Waals surface area contributed by atoms with Crippen molar-refractivity contribution in [2.75, 3.05) is 6.54 Å². The second kappa shape index (κ2) is 9.12. The van der Waals surface area contributed by atoms with Crippen LogP contribution in [0.1, 0.15) is 90.4 Å². The maximum absolute atomic E-state index is 10.2. The molecule has 0 aliphatic carbocycles. The van der Waals surface area contributed by atoms with E-state index in [2.05, 4.69) is 12.2 Å². The van der Waals surface area contributed by atoms with E-state index in [-0.39, 0.29) is 17.9 Å². The molecule has 0 radical (unpaired) electrons. The summed E-state index contributed by atoms with van der Waals surface area (Å²) in [5.41, 5.74) is -0.207. The molecule has 0 aromatic heterocycles. The molecule has 0 aromatic rings. The molecule has 3 atom stereocenters. The second-order valence-corrected chi connectivity index (χ2v) is 7.12. The summed E-state index contributed by atoms with van der Waals surface area (Å²) in [6.45, 7) is 3.30. The van der Waals surface area contributed by atoms with Gasteiger partial charge in [0.15, 0.2) is 0 Å². The van der Waals surface area contributed by atoms with Gasteiger partial charge in [-0.25, -0.2) is 0 Å². The maximum atomic E-state index is 10.2. The first kappa shape index (κ1) is 17.2. The molecule has 2 saturated heterocycles. The van der Waals surface area contributed by atoms with Crippen molar-refractivity contribution >= 4 is 0 Å². The number of aliphatic hydroxyl groups is 1. The normalized spacial score (nSPS) is 33.4. The Hall–Kier alpha value is -0.120. The van der Waals surface area contributed by atoms with Crippen molar-refractivity contribution in [1.82, 2.24) is 5.32 Å². The van der Waals surface area contributed by atoms with Crippen LogP contribution >= 0.6 is 0 Å². The second-order valence-electron chi connectivity index (χ2n) is 7.12. The lowest BCUT2D eigenvalue weighted by atomic mass is 9.88. The summed E-state index contributed by atoms with van der Waals surface area (Å²) in [5, 5.41) is 13.7. The first-order valence-corrected chi connectivity index (χ1v) is 9.35. The van der Waals surface area contributed by atoms with Crippen molar-refractivity contribution in [3.05, 3.63) is 0 Å². The van der Waals surface area contributed by atoms with Gasteiger partial charge in [-0.2, -0.15) is 0 Å². The first-order chi connectivity index (χ1) is 10.2. The minimum Gasteiger partial charge on any atom is -0.393 e. The molecule has 0 amide bonds. The molecule has 2 aliphatic heterocycles. The van der Waals surface area contributed by atoms with Gasteiger partial charge < -0.3 is 9.84 Å². The number of nitrogens with one attached hydrogen (secondary N) is 1. The third-order valence-electron chi connectivity index (χ3n) is 5.08. The zero-order chi connectivity index (χ0) is 15.0. The monoisotopic (exact) mass is 297 g/mol. The van der Waals surface area contributed by atoms with Gasteiger partial charge in [-0.1, -0.05) is 51.9 Å². The molecule has 2 N–H and O–H groups in total. The molecule has 0 unspecified atom stereocenters. The van der Waals surface area contributed by atoms with E-state index >= 15 is 0 Å². The predicted octanol–water partition coefficient (Wildman–Crippen LogP) is 4.14. The molecule has 2 heterocycles. The minimum absolute atomic E-state index is 0.182. The Morgan fingerprint density at radius 3 is 2.57 bits per heavy atom. The van der Waals surface area contributed by atoms with Crippen LogP contribution in [0.4, 0.5) is 0 Å². The number of hydrogen-bond donors (Lipinski definition) is 2. The van der Waals surface area contributed by atoms with Crippen molar-refractivity contribution in [3.63, 3.8) is 0 Å². The van der Waals surface area contributed by atoms with E-state index in [1.165, 1.54) is 57.8 Å². The van der Waals surface area contributed by atoms with E-state index in [9.17, 15) is 5.11 Å². The molecular weight excluding hydrogens is 262 g/mol. The summed E-state index contributed by atoms with van der Waals surface area (Å²) in [4.78, 5) is 0. The van der Waals surface area contributed by atoms with Crippen molar-refractivity contribution in [1.29, 1.82) is 0 Å². The lowest BCUT2D eigenvalue weighted by molar-refractivity contribution is -0.189. The SMILES string of the molecule is CCCCCCCCC[C@@H]1C[C@@H](O)C[C@]2(CCCCN2)O1. The Morgan fingerprint density at radius 2 is 1.86 bits per heavy atom. The quantitative estimate of drug-likeness (QED) is 0.662. The first-order valence-electron chi connectivity index (χ1n) is 9.35. The topological polar surface area (TPSA) is 41.5 Å². The van der Waals surface area contributed by atoms with E-state index in [4.69, 9.17) is 4.74 Å². The van der Waals surface area contributed by atoms with Gasteiger partial charge in [0, 0.05) is 6.42 Å². The molecule has 0 bridgehead atoms. The fraction of sp³-hybridized carbons (Fsp3) is 1.00. The number of unbranched alkanes of at least 4 members (excludes halogenated alkanes) is 6. The fourth-order valence-electron chi connectivity index (χ4n) is 3.90. The van der Waals surface area contributed by atoms with Crippen LogP contribution in [-0.4, -0.2) is 29.6 Å². The van der Waals surface area contributed by atoms with Gasteiger partial charge in [0.25, 0.3) is 0 Å². The maximum Gasteiger partial charge on any atom is 0.122 e. The van der Waals surface area contributed by atoms with Gasteiger partial charge in [0.1, 0.15) is 5.72 Å². The van der Waals surface area contributed by atoms with Crippen molar-refractivity contribution in [2.45, 2.75) is 108 Å². The highest BCUT2D eigenvalue weighted by molar-refractivity contribution is 4.90.